The summed E-state index contributed by atoms with van der Waals surface area (Å²) in [5.74, 6) is -1.64. The topological polar surface area (TPSA) is 90.7 Å². The number of pyridine rings is 1. The SMILES string of the molecule is Cc1c(O)cc2nc3ccc(Cl)cc3c(C(=O)O)c2c1O. The fourth-order valence-electron chi connectivity index (χ4n) is 2.37. The Bertz CT molecular complexity index is 921. The van der Waals surface area contributed by atoms with E-state index in [2.05, 4.69) is 4.98 Å². The molecule has 0 amide bonds. The summed E-state index contributed by atoms with van der Waals surface area (Å²) in [4.78, 5) is 15.9. The molecule has 1 aromatic heterocycles. The molecule has 2 aromatic carbocycles. The predicted molar refractivity (Wildman–Crippen MR) is 79.3 cm³/mol. The minimum absolute atomic E-state index is 0.0851. The van der Waals surface area contributed by atoms with E-state index in [4.69, 9.17) is 11.6 Å². The molecule has 0 saturated heterocycles. The number of aromatic carboxylic acids is 1. The van der Waals surface area contributed by atoms with Gasteiger partial charge in [0.15, 0.2) is 0 Å². The molecule has 0 bridgehead atoms. The first kappa shape index (κ1) is 13.5. The molecule has 0 aliphatic rings. The van der Waals surface area contributed by atoms with E-state index in [0.717, 1.165) is 0 Å². The molecular formula is C15H10ClNO4. The van der Waals surface area contributed by atoms with E-state index < -0.39 is 5.97 Å². The molecule has 0 radical (unpaired) electrons. The van der Waals surface area contributed by atoms with E-state index in [9.17, 15) is 20.1 Å². The Morgan fingerprint density at radius 1 is 1.19 bits per heavy atom. The Morgan fingerprint density at radius 2 is 1.90 bits per heavy atom. The van der Waals surface area contributed by atoms with E-state index in [1.165, 1.54) is 19.1 Å². The molecule has 0 atom stereocenters. The van der Waals surface area contributed by atoms with Gasteiger partial charge in [0.1, 0.15) is 11.5 Å². The second kappa shape index (κ2) is 4.49. The molecule has 3 N–H and O–H groups in total. The first-order chi connectivity index (χ1) is 9.90. The zero-order valence-electron chi connectivity index (χ0n) is 10.9. The van der Waals surface area contributed by atoms with Gasteiger partial charge < -0.3 is 15.3 Å². The number of phenols is 2. The third-order valence-electron chi connectivity index (χ3n) is 3.44. The summed E-state index contributed by atoms with van der Waals surface area (Å²) in [5.41, 5.74) is 0.751. The van der Waals surface area contributed by atoms with Crippen molar-refractivity contribution in [2.45, 2.75) is 6.92 Å². The van der Waals surface area contributed by atoms with Crippen LogP contribution in [0, 0.1) is 6.92 Å². The maximum absolute atomic E-state index is 11.6. The standard InChI is InChI=1S/C15H10ClNO4/c1-6-11(18)5-10-13(14(6)19)12(15(20)21)8-4-7(16)2-3-9(8)17-10/h2-5,18-19H,1H3,(H,20,21). The summed E-state index contributed by atoms with van der Waals surface area (Å²) < 4.78 is 0. The quantitative estimate of drug-likeness (QED) is 0.599. The maximum Gasteiger partial charge on any atom is 0.337 e. The van der Waals surface area contributed by atoms with Crippen LogP contribution >= 0.6 is 11.6 Å². The minimum Gasteiger partial charge on any atom is -0.507 e. The fourth-order valence-corrected chi connectivity index (χ4v) is 2.54. The van der Waals surface area contributed by atoms with Gasteiger partial charge in [-0.05, 0) is 25.1 Å². The molecule has 5 nitrogen and oxygen atoms in total. The van der Waals surface area contributed by atoms with Crippen molar-refractivity contribution in [3.8, 4) is 11.5 Å². The Labute approximate surface area is 124 Å². The number of hydrogen-bond acceptors (Lipinski definition) is 4. The third kappa shape index (κ3) is 1.94. The van der Waals surface area contributed by atoms with Crippen LogP contribution < -0.4 is 0 Å². The zero-order chi connectivity index (χ0) is 15.3. The Kier molecular flexibility index (Phi) is 2.88. The van der Waals surface area contributed by atoms with E-state index in [1.54, 1.807) is 12.1 Å². The third-order valence-corrected chi connectivity index (χ3v) is 3.67. The maximum atomic E-state index is 11.6. The van der Waals surface area contributed by atoms with Crippen molar-refractivity contribution in [1.82, 2.24) is 4.98 Å². The monoisotopic (exact) mass is 303 g/mol. The lowest BCUT2D eigenvalue weighted by Gasteiger charge is -2.12. The highest BCUT2D eigenvalue weighted by Gasteiger charge is 2.21. The number of aromatic hydroxyl groups is 2. The molecule has 0 unspecified atom stereocenters. The number of benzene rings is 2. The van der Waals surface area contributed by atoms with Crippen molar-refractivity contribution < 1.29 is 20.1 Å². The van der Waals surface area contributed by atoms with Crippen molar-refractivity contribution in [2.75, 3.05) is 0 Å². The number of phenolic OH excluding ortho intramolecular Hbond substituents is 2. The molecule has 3 aromatic rings. The fraction of sp³-hybridized carbons (Fsp3) is 0.0667. The van der Waals surface area contributed by atoms with Crippen molar-refractivity contribution in [1.29, 1.82) is 0 Å². The van der Waals surface area contributed by atoms with Crippen molar-refractivity contribution in [3.05, 3.63) is 40.4 Å². The van der Waals surface area contributed by atoms with Crippen LogP contribution in [0.2, 0.25) is 5.02 Å². The van der Waals surface area contributed by atoms with Crippen LogP contribution in [0.25, 0.3) is 21.8 Å². The van der Waals surface area contributed by atoms with Gasteiger partial charge in [-0.1, -0.05) is 11.6 Å². The van der Waals surface area contributed by atoms with Crippen molar-refractivity contribution >= 4 is 39.4 Å². The van der Waals surface area contributed by atoms with Crippen LogP contribution in [0.5, 0.6) is 11.5 Å². The number of aromatic nitrogens is 1. The molecule has 3 rings (SSSR count). The molecule has 0 spiro atoms. The van der Waals surface area contributed by atoms with Crippen molar-refractivity contribution in [3.63, 3.8) is 0 Å². The lowest BCUT2D eigenvalue weighted by atomic mass is 9.99. The average molecular weight is 304 g/mol. The lowest BCUT2D eigenvalue weighted by molar-refractivity contribution is 0.0701. The molecule has 1 heterocycles. The van der Waals surface area contributed by atoms with E-state index in [-0.39, 0.29) is 33.5 Å². The average Bonchev–Trinajstić information content (AvgIpc) is 2.43. The number of fused-ring (bicyclic) bond motifs is 2. The summed E-state index contributed by atoms with van der Waals surface area (Å²) in [7, 11) is 0. The Morgan fingerprint density at radius 3 is 2.57 bits per heavy atom. The van der Waals surface area contributed by atoms with Gasteiger partial charge in [-0.3, -0.25) is 0 Å². The number of carboxylic acid groups (broad SMARTS) is 1. The van der Waals surface area contributed by atoms with Gasteiger partial charge in [0.2, 0.25) is 0 Å². The zero-order valence-corrected chi connectivity index (χ0v) is 11.6. The second-order valence-corrected chi connectivity index (χ2v) is 5.15. The number of halogens is 1. The highest BCUT2D eigenvalue weighted by Crippen LogP contribution is 2.39. The van der Waals surface area contributed by atoms with E-state index in [0.29, 0.717) is 15.9 Å². The normalized spacial score (nSPS) is 11.1. The smallest absolute Gasteiger partial charge is 0.337 e. The van der Waals surface area contributed by atoms with Crippen LogP contribution in [-0.2, 0) is 0 Å². The molecule has 0 saturated carbocycles. The summed E-state index contributed by atoms with van der Waals surface area (Å²) in [6, 6.07) is 6.03. The summed E-state index contributed by atoms with van der Waals surface area (Å²) in [6.07, 6.45) is 0. The number of nitrogens with zero attached hydrogens (tertiary/aromatic N) is 1. The predicted octanol–water partition coefficient (Wildman–Crippen LogP) is 3.46. The molecular weight excluding hydrogens is 294 g/mol. The van der Waals surface area contributed by atoms with Crippen LogP contribution in [0.1, 0.15) is 15.9 Å². The molecule has 106 valence electrons. The minimum atomic E-state index is -1.20. The molecule has 0 aliphatic heterocycles. The Balaban J connectivity index is 2.65. The molecule has 21 heavy (non-hydrogen) atoms. The summed E-state index contributed by atoms with van der Waals surface area (Å²) >= 11 is 5.92. The van der Waals surface area contributed by atoms with Crippen LogP contribution in [-0.4, -0.2) is 26.3 Å². The Hall–Kier alpha value is -2.53. The van der Waals surface area contributed by atoms with Crippen molar-refractivity contribution in [2.24, 2.45) is 0 Å². The van der Waals surface area contributed by atoms with Crippen LogP contribution in [0.3, 0.4) is 0 Å². The van der Waals surface area contributed by atoms with Gasteiger partial charge in [0, 0.05) is 22.0 Å². The number of carboxylic acids is 1. The molecule has 6 heteroatoms. The van der Waals surface area contributed by atoms with Gasteiger partial charge >= 0.3 is 5.97 Å². The second-order valence-electron chi connectivity index (χ2n) is 4.72. The van der Waals surface area contributed by atoms with E-state index in [1.807, 2.05) is 0 Å². The van der Waals surface area contributed by atoms with Crippen LogP contribution in [0.15, 0.2) is 24.3 Å². The highest BCUT2D eigenvalue weighted by molar-refractivity contribution is 6.31. The lowest BCUT2D eigenvalue weighted by Crippen LogP contribution is -2.02. The summed E-state index contributed by atoms with van der Waals surface area (Å²) in [5, 5.41) is 30.3. The van der Waals surface area contributed by atoms with Crippen LogP contribution in [0.4, 0.5) is 0 Å². The highest BCUT2D eigenvalue weighted by atomic mass is 35.5. The largest absolute Gasteiger partial charge is 0.507 e. The van der Waals surface area contributed by atoms with Gasteiger partial charge in [0.05, 0.1) is 22.0 Å². The van der Waals surface area contributed by atoms with Gasteiger partial charge in [-0.2, -0.15) is 0 Å². The van der Waals surface area contributed by atoms with Gasteiger partial charge in [-0.25, -0.2) is 9.78 Å². The van der Waals surface area contributed by atoms with E-state index >= 15 is 0 Å². The molecule has 0 aliphatic carbocycles. The number of carbonyl (C=O) groups is 1. The molecule has 0 fully saturated rings. The summed E-state index contributed by atoms with van der Waals surface area (Å²) in [6.45, 7) is 1.50. The number of rotatable bonds is 1. The van der Waals surface area contributed by atoms with Gasteiger partial charge in [-0.15, -0.1) is 0 Å². The van der Waals surface area contributed by atoms with Gasteiger partial charge in [0.25, 0.3) is 0 Å². The first-order valence-corrected chi connectivity index (χ1v) is 6.45. The number of hydrogen-bond donors (Lipinski definition) is 3. The first-order valence-electron chi connectivity index (χ1n) is 6.08.